The number of cyclic esters (lactones) is 1. The molecule has 2 aromatic carbocycles. The third kappa shape index (κ3) is 2.13. The lowest BCUT2D eigenvalue weighted by Gasteiger charge is -2.27. The number of carbonyl (C=O) groups is 2. The summed E-state index contributed by atoms with van der Waals surface area (Å²) in [6.45, 7) is 0. The average Bonchev–Trinajstić information content (AvgIpc) is 2.92. The average molecular weight is 308 g/mol. The fourth-order valence-electron chi connectivity index (χ4n) is 3.55. The molecule has 0 aromatic heterocycles. The normalized spacial score (nSPS) is 22.3. The van der Waals surface area contributed by atoms with E-state index < -0.39 is 6.10 Å². The number of hydrogen-bond acceptors (Lipinski definition) is 4. The van der Waals surface area contributed by atoms with Crippen molar-refractivity contribution in [1.29, 1.82) is 0 Å². The third-order valence-corrected chi connectivity index (χ3v) is 4.73. The zero-order valence-corrected chi connectivity index (χ0v) is 12.7. The molecule has 1 aliphatic carbocycles. The van der Waals surface area contributed by atoms with Gasteiger partial charge in [-0.2, -0.15) is 0 Å². The van der Waals surface area contributed by atoms with Crippen LogP contribution >= 0.6 is 0 Å². The number of fused-ring (bicyclic) bond motifs is 2. The van der Waals surface area contributed by atoms with Crippen molar-refractivity contribution in [2.24, 2.45) is 5.92 Å². The van der Waals surface area contributed by atoms with Gasteiger partial charge in [0.25, 0.3) is 0 Å². The Morgan fingerprint density at radius 2 is 1.91 bits per heavy atom. The zero-order valence-electron chi connectivity index (χ0n) is 12.7. The van der Waals surface area contributed by atoms with Gasteiger partial charge in [0.15, 0.2) is 5.78 Å². The summed E-state index contributed by atoms with van der Waals surface area (Å²) in [6, 6.07) is 12.8. The Hall–Kier alpha value is -2.62. The SMILES string of the molecule is COc1ccc2c(c1)CC[C@@H]([C@@H]1OC(=O)c3ccccc31)C2=O. The van der Waals surface area contributed by atoms with E-state index in [1.165, 1.54) is 0 Å². The maximum Gasteiger partial charge on any atom is 0.339 e. The van der Waals surface area contributed by atoms with Gasteiger partial charge >= 0.3 is 5.97 Å². The number of methoxy groups -OCH3 is 1. The molecule has 0 unspecified atom stereocenters. The highest BCUT2D eigenvalue weighted by Crippen LogP contribution is 2.42. The molecule has 23 heavy (non-hydrogen) atoms. The van der Waals surface area contributed by atoms with Gasteiger partial charge in [-0.15, -0.1) is 0 Å². The van der Waals surface area contributed by atoms with Crippen molar-refractivity contribution in [3.05, 3.63) is 64.7 Å². The van der Waals surface area contributed by atoms with Crippen LogP contribution in [0, 0.1) is 5.92 Å². The van der Waals surface area contributed by atoms with Crippen molar-refractivity contribution in [2.75, 3.05) is 7.11 Å². The Morgan fingerprint density at radius 1 is 1.09 bits per heavy atom. The number of esters is 1. The molecule has 2 atom stereocenters. The van der Waals surface area contributed by atoms with Crippen LogP contribution < -0.4 is 4.74 Å². The minimum atomic E-state index is -0.471. The molecule has 0 saturated heterocycles. The molecule has 0 N–H and O–H groups in total. The van der Waals surface area contributed by atoms with Gasteiger partial charge < -0.3 is 9.47 Å². The van der Waals surface area contributed by atoms with E-state index in [1.807, 2.05) is 30.3 Å². The van der Waals surface area contributed by atoms with Crippen LogP contribution in [0.1, 0.15) is 44.4 Å². The number of hydrogen-bond donors (Lipinski definition) is 0. The van der Waals surface area contributed by atoms with E-state index in [9.17, 15) is 9.59 Å². The largest absolute Gasteiger partial charge is 0.497 e. The van der Waals surface area contributed by atoms with Crippen LogP contribution in [0.25, 0.3) is 0 Å². The molecule has 0 radical (unpaired) electrons. The number of Topliss-reactive ketones (excluding diaryl/α,β-unsaturated/α-hetero) is 1. The molecule has 1 heterocycles. The number of ether oxygens (including phenoxy) is 2. The van der Waals surface area contributed by atoms with Gasteiger partial charge in [0.05, 0.1) is 18.6 Å². The van der Waals surface area contributed by atoms with Crippen LogP contribution in [-0.4, -0.2) is 18.9 Å². The lowest BCUT2D eigenvalue weighted by Crippen LogP contribution is -2.28. The summed E-state index contributed by atoms with van der Waals surface area (Å²) in [5.74, 6) is 0.151. The van der Waals surface area contributed by atoms with Crippen molar-refractivity contribution in [2.45, 2.75) is 18.9 Å². The van der Waals surface area contributed by atoms with Crippen LogP contribution in [0.3, 0.4) is 0 Å². The maximum atomic E-state index is 12.9. The van der Waals surface area contributed by atoms with Crippen molar-refractivity contribution in [1.82, 2.24) is 0 Å². The van der Waals surface area contributed by atoms with Gasteiger partial charge in [0.2, 0.25) is 0 Å². The van der Waals surface area contributed by atoms with Crippen LogP contribution in [-0.2, 0) is 11.2 Å². The predicted molar refractivity (Wildman–Crippen MR) is 83.7 cm³/mol. The molecule has 0 saturated carbocycles. The quantitative estimate of drug-likeness (QED) is 0.798. The number of aryl methyl sites for hydroxylation is 1. The number of carbonyl (C=O) groups excluding carboxylic acids is 2. The van der Waals surface area contributed by atoms with E-state index >= 15 is 0 Å². The van der Waals surface area contributed by atoms with Crippen molar-refractivity contribution < 1.29 is 19.1 Å². The summed E-state index contributed by atoms with van der Waals surface area (Å²) < 4.78 is 10.7. The highest BCUT2D eigenvalue weighted by molar-refractivity contribution is 6.02. The van der Waals surface area contributed by atoms with Crippen molar-refractivity contribution >= 4 is 11.8 Å². The fraction of sp³-hybridized carbons (Fsp3) is 0.263. The second kappa shape index (κ2) is 5.23. The number of rotatable bonds is 2. The van der Waals surface area contributed by atoms with Gasteiger partial charge in [-0.25, -0.2) is 4.79 Å². The molecule has 0 fully saturated rings. The Balaban J connectivity index is 1.70. The van der Waals surface area contributed by atoms with E-state index in [-0.39, 0.29) is 17.7 Å². The minimum Gasteiger partial charge on any atom is -0.497 e. The number of ketones is 1. The fourth-order valence-corrected chi connectivity index (χ4v) is 3.55. The highest BCUT2D eigenvalue weighted by atomic mass is 16.5. The van der Waals surface area contributed by atoms with Crippen LogP contribution in [0.15, 0.2) is 42.5 Å². The first-order valence-corrected chi connectivity index (χ1v) is 7.70. The Bertz CT molecular complexity index is 809. The summed E-state index contributed by atoms with van der Waals surface area (Å²) in [5, 5.41) is 0. The highest BCUT2D eigenvalue weighted by Gasteiger charge is 2.42. The Kier molecular flexibility index (Phi) is 3.18. The van der Waals surface area contributed by atoms with Gasteiger partial charge in [0, 0.05) is 11.1 Å². The minimum absolute atomic E-state index is 0.0448. The molecular weight excluding hydrogens is 292 g/mol. The molecule has 4 nitrogen and oxygen atoms in total. The van der Waals surface area contributed by atoms with Gasteiger partial charge in [-0.05, 0) is 42.7 Å². The summed E-state index contributed by atoms with van der Waals surface area (Å²) in [5.41, 5.74) is 3.12. The summed E-state index contributed by atoms with van der Waals surface area (Å²) in [4.78, 5) is 24.9. The van der Waals surface area contributed by atoms with E-state index in [1.54, 1.807) is 19.2 Å². The first-order valence-electron chi connectivity index (χ1n) is 7.70. The molecule has 4 rings (SSSR count). The molecule has 0 spiro atoms. The summed E-state index contributed by atoms with van der Waals surface area (Å²) >= 11 is 0. The van der Waals surface area contributed by atoms with Crippen molar-refractivity contribution in [3.63, 3.8) is 0 Å². The van der Waals surface area contributed by atoms with Crippen LogP contribution in [0.5, 0.6) is 5.75 Å². The second-order valence-electron chi connectivity index (χ2n) is 5.95. The molecule has 0 bridgehead atoms. The van der Waals surface area contributed by atoms with Crippen molar-refractivity contribution in [3.8, 4) is 5.75 Å². The van der Waals surface area contributed by atoms with Gasteiger partial charge in [0.1, 0.15) is 11.9 Å². The maximum absolute atomic E-state index is 12.9. The number of benzene rings is 2. The molecule has 1 aliphatic heterocycles. The van der Waals surface area contributed by atoms with Gasteiger partial charge in [-0.1, -0.05) is 18.2 Å². The Morgan fingerprint density at radius 3 is 2.74 bits per heavy atom. The smallest absolute Gasteiger partial charge is 0.339 e. The lowest BCUT2D eigenvalue weighted by atomic mass is 9.78. The molecule has 2 aliphatic rings. The monoisotopic (exact) mass is 308 g/mol. The summed E-state index contributed by atoms with van der Waals surface area (Å²) in [7, 11) is 1.62. The topological polar surface area (TPSA) is 52.6 Å². The van der Waals surface area contributed by atoms with Crippen LogP contribution in [0.2, 0.25) is 0 Å². The first kappa shape index (κ1) is 14.0. The molecule has 2 aromatic rings. The summed E-state index contributed by atoms with van der Waals surface area (Å²) in [6.07, 6.45) is 0.978. The lowest BCUT2D eigenvalue weighted by molar-refractivity contribution is 0.0222. The predicted octanol–water partition coefficient (Wildman–Crippen LogP) is 3.35. The standard InChI is InChI=1S/C19H16O4/c1-22-12-7-9-13-11(10-12)6-8-16(17(13)20)18-14-4-2-3-5-15(14)19(21)23-18/h2-5,7,9-10,16,18H,6,8H2,1H3/t16-,18-/m1/s1. The Labute approximate surface area is 134 Å². The first-order chi connectivity index (χ1) is 11.2. The molecule has 4 heteroatoms. The van der Waals surface area contributed by atoms with Gasteiger partial charge in [-0.3, -0.25) is 4.79 Å². The van der Waals surface area contributed by atoms with Crippen LogP contribution in [0.4, 0.5) is 0 Å². The van der Waals surface area contributed by atoms with E-state index in [2.05, 4.69) is 0 Å². The second-order valence-corrected chi connectivity index (χ2v) is 5.95. The molecular formula is C19H16O4. The van der Waals surface area contributed by atoms with E-state index in [4.69, 9.17) is 9.47 Å². The molecule has 116 valence electrons. The van der Waals surface area contributed by atoms with E-state index in [0.29, 0.717) is 17.5 Å². The van der Waals surface area contributed by atoms with E-state index in [0.717, 1.165) is 23.3 Å². The third-order valence-electron chi connectivity index (χ3n) is 4.73. The molecule has 0 amide bonds. The zero-order chi connectivity index (χ0) is 16.0.